The van der Waals surface area contributed by atoms with Crippen molar-refractivity contribution in [2.24, 2.45) is 0 Å². The third kappa shape index (κ3) is 3.53. The van der Waals surface area contributed by atoms with Crippen LogP contribution >= 0.6 is 0 Å². The van der Waals surface area contributed by atoms with Crippen LogP contribution in [0.3, 0.4) is 0 Å². The number of epoxide rings is 1. The quantitative estimate of drug-likeness (QED) is 0.376. The van der Waals surface area contributed by atoms with Gasteiger partial charge >= 0.3 is 48.9 Å². The minimum absolute atomic E-state index is 0. The summed E-state index contributed by atoms with van der Waals surface area (Å²) in [6.07, 6.45) is 0. The van der Waals surface area contributed by atoms with Crippen molar-refractivity contribution in [2.75, 3.05) is 13.2 Å². The zero-order valence-corrected chi connectivity index (χ0v) is 6.97. The Morgan fingerprint density at radius 2 is 1.75 bits per heavy atom. The fraction of sp³-hybridized carbons (Fsp3) is 1.00. The second-order valence-electron chi connectivity index (χ2n) is 0.612. The van der Waals surface area contributed by atoms with E-state index in [0.717, 1.165) is 13.2 Å². The van der Waals surface area contributed by atoms with Gasteiger partial charge in [0.05, 0.1) is 13.2 Å². The Balaban J connectivity index is -0.0000000300. The predicted octanol–water partition coefficient (Wildman–Crippen LogP) is -0.139. The molecule has 1 nitrogen and oxygen atoms in total. The molecule has 0 aromatic carbocycles. The topological polar surface area (TPSA) is 12.5 Å². The largest absolute Gasteiger partial charge is 2.00 e. The van der Waals surface area contributed by atoms with Crippen LogP contribution in [0.5, 0.6) is 0 Å². The predicted molar refractivity (Wildman–Crippen MR) is 18.8 cm³/mol. The van der Waals surface area contributed by atoms with E-state index in [1.54, 1.807) is 0 Å². The smallest absolute Gasteiger partial charge is 1.00 e. The molecule has 0 amide bonds. The summed E-state index contributed by atoms with van der Waals surface area (Å²) in [5.41, 5.74) is 0. The summed E-state index contributed by atoms with van der Waals surface area (Å²) >= 11 is 0. The van der Waals surface area contributed by atoms with E-state index in [4.69, 9.17) is 0 Å². The maximum Gasteiger partial charge on any atom is 2.00 e. The van der Waals surface area contributed by atoms with Gasteiger partial charge in [-0.2, -0.15) is 0 Å². The number of ether oxygens (including phenoxy) is 1. The Bertz CT molecular complexity index is 16.3. The molecule has 0 unspecified atom stereocenters. The summed E-state index contributed by atoms with van der Waals surface area (Å²) in [5, 5.41) is 0. The zero-order valence-electron chi connectivity index (χ0n) is 4.53. The summed E-state index contributed by atoms with van der Waals surface area (Å²) in [4.78, 5) is 0. The summed E-state index contributed by atoms with van der Waals surface area (Å²) in [6, 6.07) is 0. The van der Waals surface area contributed by atoms with Crippen molar-refractivity contribution >= 4 is 48.9 Å². The van der Waals surface area contributed by atoms with Crippen LogP contribution in [-0.2, 0) is 4.74 Å². The summed E-state index contributed by atoms with van der Waals surface area (Å²) in [7, 11) is 0. The minimum atomic E-state index is 0. The van der Waals surface area contributed by atoms with Gasteiger partial charge < -0.3 is 7.59 Å². The molecule has 0 bridgehead atoms. The van der Waals surface area contributed by atoms with Crippen LogP contribution in [0.2, 0.25) is 0 Å². The third-order valence-corrected chi connectivity index (χ3v) is 0.204. The molecule has 1 saturated heterocycles. The number of hydrogen-bond donors (Lipinski definition) is 0. The third-order valence-electron chi connectivity index (χ3n) is 0.204. The second-order valence-corrected chi connectivity index (χ2v) is 0.612. The molecular weight excluding hydrogens is 177 g/mol. The van der Waals surface area contributed by atoms with E-state index in [1.165, 1.54) is 0 Å². The first-order valence-electron chi connectivity index (χ1n) is 1.08. The van der Waals surface area contributed by atoms with Crippen LogP contribution in [0.1, 0.15) is 2.85 Å². The van der Waals surface area contributed by atoms with Crippen molar-refractivity contribution in [1.82, 2.24) is 0 Å². The van der Waals surface area contributed by atoms with Gasteiger partial charge in [0.15, 0.2) is 0 Å². The standard InChI is InChI=1S/C2H4O.Ba.2H/c1-2-3-1;;;/h1-2H2;;;/q;+2;2*-1. The van der Waals surface area contributed by atoms with Gasteiger partial charge in [-0.15, -0.1) is 0 Å². The van der Waals surface area contributed by atoms with Crippen LogP contribution in [0, 0.1) is 0 Å². The molecule has 0 saturated carbocycles. The fourth-order valence-electron chi connectivity index (χ4n) is 0. The van der Waals surface area contributed by atoms with Crippen LogP contribution in [-0.4, -0.2) is 62.1 Å². The molecule has 2 heteroatoms. The van der Waals surface area contributed by atoms with E-state index in [2.05, 4.69) is 4.74 Å². The van der Waals surface area contributed by atoms with Gasteiger partial charge in [0, 0.05) is 0 Å². The first-order valence-corrected chi connectivity index (χ1v) is 1.08. The maximum absolute atomic E-state index is 4.50. The van der Waals surface area contributed by atoms with Gasteiger partial charge in [-0.1, -0.05) is 0 Å². The normalized spacial score (nSPS) is 18.0. The molecule has 0 spiro atoms. The van der Waals surface area contributed by atoms with Crippen LogP contribution in [0.15, 0.2) is 0 Å². The van der Waals surface area contributed by atoms with Crippen LogP contribution in [0.4, 0.5) is 0 Å². The van der Waals surface area contributed by atoms with Crippen molar-refractivity contribution < 1.29 is 7.59 Å². The molecule has 1 heterocycles. The minimum Gasteiger partial charge on any atom is -1.00 e. The number of hydrogen-bond acceptors (Lipinski definition) is 1. The Morgan fingerprint density at radius 1 is 1.50 bits per heavy atom. The first kappa shape index (κ1) is 5.53. The molecule has 0 N–H and O–H groups in total. The van der Waals surface area contributed by atoms with E-state index in [9.17, 15) is 0 Å². The Kier molecular flexibility index (Phi) is 3.81. The van der Waals surface area contributed by atoms with Gasteiger partial charge in [-0.05, 0) is 0 Å². The van der Waals surface area contributed by atoms with Crippen LogP contribution in [0.25, 0.3) is 0 Å². The van der Waals surface area contributed by atoms with Gasteiger partial charge in [-0.3, -0.25) is 0 Å². The average molecular weight is 183 g/mol. The van der Waals surface area contributed by atoms with E-state index >= 15 is 0 Å². The van der Waals surface area contributed by atoms with Crippen molar-refractivity contribution in [1.29, 1.82) is 0 Å². The molecule has 0 aromatic heterocycles. The fourth-order valence-corrected chi connectivity index (χ4v) is 0. The molecule has 1 aliphatic rings. The van der Waals surface area contributed by atoms with E-state index in [-0.39, 0.29) is 51.7 Å². The zero-order chi connectivity index (χ0) is 2.12. The summed E-state index contributed by atoms with van der Waals surface area (Å²) in [6.45, 7) is 2.00. The molecule has 0 radical (unpaired) electrons. The van der Waals surface area contributed by atoms with Gasteiger partial charge in [0.2, 0.25) is 0 Å². The molecule has 4 heavy (non-hydrogen) atoms. The van der Waals surface area contributed by atoms with E-state index in [1.807, 2.05) is 0 Å². The summed E-state index contributed by atoms with van der Waals surface area (Å²) in [5.74, 6) is 0. The number of rotatable bonds is 0. The van der Waals surface area contributed by atoms with Crippen molar-refractivity contribution in [3.8, 4) is 0 Å². The SMILES string of the molecule is C1CO1.[Ba+2].[H-].[H-]. The molecule has 0 aromatic rings. The second kappa shape index (κ2) is 2.75. The van der Waals surface area contributed by atoms with Crippen LogP contribution < -0.4 is 0 Å². The Hall–Kier alpha value is 1.53. The van der Waals surface area contributed by atoms with Crippen molar-refractivity contribution in [3.63, 3.8) is 0 Å². The molecule has 1 aliphatic heterocycles. The molecule has 1 rings (SSSR count). The average Bonchev–Trinajstić information content (AvgIpc) is 1.46. The van der Waals surface area contributed by atoms with E-state index < -0.39 is 0 Å². The molecule has 22 valence electrons. The molecule has 0 atom stereocenters. The van der Waals surface area contributed by atoms with Gasteiger partial charge in [0.1, 0.15) is 0 Å². The van der Waals surface area contributed by atoms with Crippen molar-refractivity contribution in [3.05, 3.63) is 0 Å². The van der Waals surface area contributed by atoms with Gasteiger partial charge in [-0.25, -0.2) is 0 Å². The molecule has 1 fully saturated rings. The monoisotopic (exact) mass is 184 g/mol. The Morgan fingerprint density at radius 3 is 1.75 bits per heavy atom. The summed E-state index contributed by atoms with van der Waals surface area (Å²) < 4.78 is 4.50. The van der Waals surface area contributed by atoms with E-state index in [0.29, 0.717) is 0 Å². The maximum atomic E-state index is 4.50. The molecule has 0 aliphatic carbocycles. The Labute approximate surface area is 68.8 Å². The van der Waals surface area contributed by atoms with Gasteiger partial charge in [0.25, 0.3) is 0 Å². The van der Waals surface area contributed by atoms with Crippen molar-refractivity contribution in [2.45, 2.75) is 0 Å². The first-order chi connectivity index (χ1) is 1.50. The molecular formula is C2H6BaO.